The van der Waals surface area contributed by atoms with Crippen molar-refractivity contribution in [1.82, 2.24) is 4.98 Å². The van der Waals surface area contributed by atoms with Crippen molar-refractivity contribution >= 4 is 38.9 Å². The van der Waals surface area contributed by atoms with Gasteiger partial charge in [0.1, 0.15) is 0 Å². The van der Waals surface area contributed by atoms with Crippen molar-refractivity contribution in [1.29, 1.82) is 0 Å². The van der Waals surface area contributed by atoms with Crippen LogP contribution < -0.4 is 5.32 Å². The summed E-state index contributed by atoms with van der Waals surface area (Å²) >= 11 is 1.36. The quantitative estimate of drug-likeness (QED) is 0.749. The molecule has 0 fully saturated rings. The fourth-order valence-electron chi connectivity index (χ4n) is 1.94. The van der Waals surface area contributed by atoms with E-state index in [4.69, 9.17) is 0 Å². The van der Waals surface area contributed by atoms with Crippen LogP contribution in [0.4, 0.5) is 5.69 Å². The van der Waals surface area contributed by atoms with Crippen LogP contribution in [0.25, 0.3) is 10.2 Å². The highest BCUT2D eigenvalue weighted by Gasteiger charge is 2.12. The summed E-state index contributed by atoms with van der Waals surface area (Å²) in [5, 5.41) is 3.21. The molecule has 104 valence electrons. The van der Waals surface area contributed by atoms with Crippen LogP contribution in [0, 0.1) is 0 Å². The van der Waals surface area contributed by atoms with Gasteiger partial charge < -0.3 is 5.32 Å². The molecule has 0 bridgehead atoms. The van der Waals surface area contributed by atoms with Crippen LogP contribution in [-0.4, -0.2) is 16.7 Å². The Bertz CT molecular complexity index is 789. The largest absolute Gasteiger partial charge is 0.320 e. The number of nitrogens with one attached hydrogen (secondary N) is 1. The van der Waals surface area contributed by atoms with Gasteiger partial charge in [0.25, 0.3) is 5.91 Å². The minimum atomic E-state index is -0.244. The molecule has 0 radical (unpaired) electrons. The van der Waals surface area contributed by atoms with Gasteiger partial charge in [-0.25, -0.2) is 4.98 Å². The van der Waals surface area contributed by atoms with E-state index in [1.165, 1.54) is 18.3 Å². The molecule has 0 aliphatic heterocycles. The summed E-state index contributed by atoms with van der Waals surface area (Å²) < 4.78 is 0.981. The third-order valence-electron chi connectivity index (χ3n) is 3.04. The lowest BCUT2D eigenvalue weighted by Gasteiger charge is -2.03. The van der Waals surface area contributed by atoms with Crippen molar-refractivity contribution in [2.24, 2.45) is 0 Å². The number of hydrogen-bond donors (Lipinski definition) is 1. The van der Waals surface area contributed by atoms with E-state index in [9.17, 15) is 9.59 Å². The van der Waals surface area contributed by atoms with Gasteiger partial charge in [0, 0.05) is 11.3 Å². The van der Waals surface area contributed by atoms with Gasteiger partial charge in [0.05, 0.1) is 10.2 Å². The molecule has 1 aromatic heterocycles. The summed E-state index contributed by atoms with van der Waals surface area (Å²) in [7, 11) is 0. The molecule has 0 aliphatic carbocycles. The second-order valence-electron chi connectivity index (χ2n) is 4.57. The molecule has 4 nitrogen and oxygen atoms in total. The van der Waals surface area contributed by atoms with Crippen LogP contribution in [-0.2, 0) is 0 Å². The Labute approximate surface area is 125 Å². The van der Waals surface area contributed by atoms with Crippen LogP contribution in [0.5, 0.6) is 0 Å². The lowest BCUT2D eigenvalue weighted by molar-refractivity contribution is 0.101. The minimum absolute atomic E-state index is 0.000880. The predicted molar refractivity (Wildman–Crippen MR) is 84.0 cm³/mol. The van der Waals surface area contributed by atoms with Crippen molar-refractivity contribution in [3.63, 3.8) is 0 Å². The summed E-state index contributed by atoms with van der Waals surface area (Å²) in [6.45, 7) is 1.51. The minimum Gasteiger partial charge on any atom is -0.320 e. The zero-order valence-electron chi connectivity index (χ0n) is 11.3. The lowest BCUT2D eigenvalue weighted by Crippen LogP contribution is -2.11. The van der Waals surface area contributed by atoms with Crippen LogP contribution in [0.3, 0.4) is 0 Å². The maximum absolute atomic E-state index is 12.2. The standard InChI is InChI=1S/C16H12N2O2S/c1-10(19)11-6-8-12(9-7-11)17-15(20)16-18-13-4-2-3-5-14(13)21-16/h2-9H,1H3,(H,17,20). The molecule has 0 spiro atoms. The molecule has 0 aliphatic rings. The highest BCUT2D eigenvalue weighted by Crippen LogP contribution is 2.22. The van der Waals surface area contributed by atoms with E-state index in [0.717, 1.165) is 10.2 Å². The average Bonchev–Trinajstić information content (AvgIpc) is 2.92. The molecule has 0 atom stereocenters. The number of benzene rings is 2. The SMILES string of the molecule is CC(=O)c1ccc(NC(=O)c2nc3ccccc3s2)cc1. The number of anilines is 1. The first-order valence-electron chi connectivity index (χ1n) is 6.41. The molecule has 5 heteroatoms. The Morgan fingerprint density at radius 3 is 2.43 bits per heavy atom. The third kappa shape index (κ3) is 2.83. The van der Waals surface area contributed by atoms with Gasteiger partial charge in [-0.1, -0.05) is 12.1 Å². The molecule has 1 amide bonds. The van der Waals surface area contributed by atoms with Crippen molar-refractivity contribution in [2.75, 3.05) is 5.32 Å². The van der Waals surface area contributed by atoms with Crippen LogP contribution in [0.15, 0.2) is 48.5 Å². The molecule has 2 aromatic carbocycles. The second kappa shape index (κ2) is 5.46. The molecule has 1 heterocycles. The average molecular weight is 296 g/mol. The van der Waals surface area contributed by atoms with Crippen molar-refractivity contribution in [2.45, 2.75) is 6.92 Å². The summed E-state index contributed by atoms with van der Waals surface area (Å²) in [4.78, 5) is 27.7. The molecule has 0 unspecified atom stereocenters. The van der Waals surface area contributed by atoms with Gasteiger partial charge in [-0.05, 0) is 43.3 Å². The smallest absolute Gasteiger partial charge is 0.284 e. The van der Waals surface area contributed by atoms with Gasteiger partial charge in [-0.15, -0.1) is 11.3 Å². The Balaban J connectivity index is 1.80. The number of carbonyl (C=O) groups is 2. The number of carbonyl (C=O) groups excluding carboxylic acids is 2. The predicted octanol–water partition coefficient (Wildman–Crippen LogP) is 3.75. The molecule has 0 saturated carbocycles. The number of amides is 1. The fraction of sp³-hybridized carbons (Fsp3) is 0.0625. The highest BCUT2D eigenvalue weighted by molar-refractivity contribution is 7.20. The summed E-state index contributed by atoms with van der Waals surface area (Å²) in [6.07, 6.45) is 0. The van der Waals surface area contributed by atoms with Gasteiger partial charge in [0.15, 0.2) is 10.8 Å². The molecule has 3 rings (SSSR count). The maximum atomic E-state index is 12.2. The first-order chi connectivity index (χ1) is 10.1. The van der Waals surface area contributed by atoms with Gasteiger partial charge in [-0.3, -0.25) is 9.59 Å². The van der Waals surface area contributed by atoms with E-state index in [1.54, 1.807) is 24.3 Å². The number of nitrogens with zero attached hydrogens (tertiary/aromatic N) is 1. The number of rotatable bonds is 3. The van der Waals surface area contributed by atoms with Gasteiger partial charge in [-0.2, -0.15) is 0 Å². The fourth-order valence-corrected chi connectivity index (χ4v) is 2.80. The Morgan fingerprint density at radius 1 is 1.05 bits per heavy atom. The first-order valence-corrected chi connectivity index (χ1v) is 7.23. The van der Waals surface area contributed by atoms with E-state index in [2.05, 4.69) is 10.3 Å². The van der Waals surface area contributed by atoms with Crippen LogP contribution in [0.1, 0.15) is 27.1 Å². The van der Waals surface area contributed by atoms with E-state index in [0.29, 0.717) is 16.3 Å². The van der Waals surface area contributed by atoms with Crippen molar-refractivity contribution < 1.29 is 9.59 Å². The van der Waals surface area contributed by atoms with Crippen molar-refractivity contribution in [3.05, 3.63) is 59.1 Å². The van der Waals surface area contributed by atoms with Gasteiger partial charge >= 0.3 is 0 Å². The summed E-state index contributed by atoms with van der Waals surface area (Å²) in [6, 6.07) is 14.4. The van der Waals surface area contributed by atoms with Crippen molar-refractivity contribution in [3.8, 4) is 0 Å². The lowest BCUT2D eigenvalue weighted by atomic mass is 10.1. The zero-order chi connectivity index (χ0) is 14.8. The summed E-state index contributed by atoms with van der Waals surface area (Å²) in [5.74, 6) is -0.245. The Kier molecular flexibility index (Phi) is 3.50. The van der Waals surface area contributed by atoms with Crippen LogP contribution >= 0.6 is 11.3 Å². The molecule has 21 heavy (non-hydrogen) atoms. The van der Waals surface area contributed by atoms with Gasteiger partial charge in [0.2, 0.25) is 0 Å². The monoisotopic (exact) mass is 296 g/mol. The number of hydrogen-bond acceptors (Lipinski definition) is 4. The maximum Gasteiger partial charge on any atom is 0.284 e. The Hall–Kier alpha value is -2.53. The number of Topliss-reactive ketones (excluding diaryl/α,β-unsaturated/α-hetero) is 1. The number of fused-ring (bicyclic) bond motifs is 1. The topological polar surface area (TPSA) is 59.1 Å². The Morgan fingerprint density at radius 2 is 1.76 bits per heavy atom. The van der Waals surface area contributed by atoms with E-state index < -0.39 is 0 Å². The number of thiazole rings is 1. The number of aromatic nitrogens is 1. The van der Waals surface area contributed by atoms with E-state index in [-0.39, 0.29) is 11.7 Å². The second-order valence-corrected chi connectivity index (χ2v) is 5.61. The highest BCUT2D eigenvalue weighted by atomic mass is 32.1. The zero-order valence-corrected chi connectivity index (χ0v) is 12.1. The normalized spacial score (nSPS) is 10.5. The number of para-hydroxylation sites is 1. The molecular weight excluding hydrogens is 284 g/mol. The molecular formula is C16H12N2O2S. The van der Waals surface area contributed by atoms with E-state index >= 15 is 0 Å². The van der Waals surface area contributed by atoms with Crippen LogP contribution in [0.2, 0.25) is 0 Å². The molecule has 0 saturated heterocycles. The third-order valence-corrected chi connectivity index (χ3v) is 4.07. The summed E-state index contributed by atoms with van der Waals surface area (Å²) in [5.41, 5.74) is 2.08. The first kappa shape index (κ1) is 13.5. The molecule has 3 aromatic rings. The number of ketones is 1. The molecule has 1 N–H and O–H groups in total. The van der Waals surface area contributed by atoms with E-state index in [1.807, 2.05) is 24.3 Å².